The summed E-state index contributed by atoms with van der Waals surface area (Å²) in [5.41, 5.74) is -0.893. The number of carboxylic acids is 1. The maximum absolute atomic E-state index is 13.6. The number of aromatic carboxylic acids is 1. The highest BCUT2D eigenvalue weighted by Gasteiger charge is 2.39. The van der Waals surface area contributed by atoms with Crippen LogP contribution in [-0.4, -0.2) is 35.1 Å². The lowest BCUT2D eigenvalue weighted by atomic mass is 9.72. The minimum atomic E-state index is -1.70. The summed E-state index contributed by atoms with van der Waals surface area (Å²) < 4.78 is 32.1. The lowest BCUT2D eigenvalue weighted by molar-refractivity contribution is -0.121. The molecule has 0 saturated heterocycles. The third-order valence-electron chi connectivity index (χ3n) is 3.31. The van der Waals surface area contributed by atoms with Crippen LogP contribution in [0.3, 0.4) is 0 Å². The van der Waals surface area contributed by atoms with E-state index in [9.17, 15) is 23.4 Å². The van der Waals surface area contributed by atoms with Gasteiger partial charge in [0.05, 0.1) is 5.94 Å². The molecule has 0 saturated carbocycles. The predicted octanol–water partition coefficient (Wildman–Crippen LogP) is 0.903. The van der Waals surface area contributed by atoms with Crippen molar-refractivity contribution in [3.63, 3.8) is 0 Å². The third-order valence-corrected chi connectivity index (χ3v) is 3.31. The molecule has 1 aromatic rings. The molecule has 0 fully saturated rings. The van der Waals surface area contributed by atoms with Crippen LogP contribution in [0.2, 0.25) is 0 Å². The number of carbonyl (C=O) groups is 2. The molecular weight excluding hydrogens is 299 g/mol. The number of amides is 1. The van der Waals surface area contributed by atoms with Gasteiger partial charge in [0, 0.05) is 6.42 Å². The number of halogens is 2. The fraction of sp³-hybridized carbons (Fsp3) is 0.385. The molecule has 1 heterocycles. The molecule has 3 N–H and O–H groups in total. The molecule has 9 heteroatoms. The Bertz CT molecular complexity index is 625. The summed E-state index contributed by atoms with van der Waals surface area (Å²) in [7, 11) is -1.55. The number of rotatable bonds is 4. The largest absolute Gasteiger partial charge is 0.547 e. The standard InChI is InChI=1S/C13H14BF2NO5/c1-2-3-9(18)17-8-5-6-4-7(15)11(16)10(13(19)20)12(6)22-14(8)21/h4,8,21H,2-3,5H2,1H3,(H,17,18)(H,19,20)/t8-/m0/s1. The van der Waals surface area contributed by atoms with Crippen molar-refractivity contribution in [2.75, 3.05) is 0 Å². The average molecular weight is 313 g/mol. The molecule has 0 radical (unpaired) electrons. The van der Waals surface area contributed by atoms with Gasteiger partial charge in [-0.1, -0.05) is 6.92 Å². The lowest BCUT2D eigenvalue weighted by Gasteiger charge is -2.29. The predicted molar refractivity (Wildman–Crippen MR) is 72.5 cm³/mol. The van der Waals surface area contributed by atoms with Gasteiger partial charge in [0.1, 0.15) is 11.3 Å². The van der Waals surface area contributed by atoms with Gasteiger partial charge in [-0.2, -0.15) is 0 Å². The highest BCUT2D eigenvalue weighted by atomic mass is 19.2. The highest BCUT2D eigenvalue weighted by Crippen LogP contribution is 2.33. The first-order chi connectivity index (χ1) is 10.3. The number of nitrogens with one attached hydrogen (secondary N) is 1. The normalized spacial score (nSPS) is 16.7. The van der Waals surface area contributed by atoms with Crippen LogP contribution >= 0.6 is 0 Å². The maximum Gasteiger partial charge on any atom is 0.547 e. The number of carboxylic acid groups (broad SMARTS) is 1. The lowest BCUT2D eigenvalue weighted by Crippen LogP contribution is -2.53. The molecule has 0 aromatic heterocycles. The van der Waals surface area contributed by atoms with Crippen molar-refractivity contribution < 1.29 is 33.2 Å². The molecule has 1 aliphatic rings. The summed E-state index contributed by atoms with van der Waals surface area (Å²) in [5, 5.41) is 21.3. The first-order valence-electron chi connectivity index (χ1n) is 6.73. The van der Waals surface area contributed by atoms with Gasteiger partial charge in [-0.15, -0.1) is 0 Å². The van der Waals surface area contributed by atoms with Crippen molar-refractivity contribution in [1.29, 1.82) is 0 Å². The SMILES string of the molecule is CCCC(=O)N[C@H]1Cc2cc(F)c(F)c(C(=O)O)c2OB1O. The minimum absolute atomic E-state index is 0.0660. The summed E-state index contributed by atoms with van der Waals surface area (Å²) in [6.45, 7) is 1.81. The second-order valence-corrected chi connectivity index (χ2v) is 4.98. The van der Waals surface area contributed by atoms with Crippen molar-refractivity contribution in [3.8, 4) is 5.75 Å². The van der Waals surface area contributed by atoms with Crippen LogP contribution in [-0.2, 0) is 11.2 Å². The Morgan fingerprint density at radius 2 is 2.18 bits per heavy atom. The molecule has 1 amide bonds. The first-order valence-corrected chi connectivity index (χ1v) is 6.73. The minimum Gasteiger partial charge on any atom is -0.534 e. The number of hydrogen-bond donors (Lipinski definition) is 3. The van der Waals surface area contributed by atoms with Gasteiger partial charge in [0.2, 0.25) is 5.91 Å². The van der Waals surface area contributed by atoms with E-state index in [1.807, 2.05) is 0 Å². The zero-order valence-corrected chi connectivity index (χ0v) is 11.7. The quantitative estimate of drug-likeness (QED) is 0.718. The van der Waals surface area contributed by atoms with Crippen molar-refractivity contribution in [3.05, 3.63) is 28.8 Å². The van der Waals surface area contributed by atoms with Crippen molar-refractivity contribution in [2.24, 2.45) is 0 Å². The van der Waals surface area contributed by atoms with Crippen LogP contribution in [0.5, 0.6) is 5.75 Å². The summed E-state index contributed by atoms with van der Waals surface area (Å²) in [6.07, 6.45) is 0.784. The summed E-state index contributed by atoms with van der Waals surface area (Å²) in [4.78, 5) is 22.6. The Labute approximate surface area is 125 Å². The van der Waals surface area contributed by atoms with Crippen LogP contribution in [0.25, 0.3) is 0 Å². The summed E-state index contributed by atoms with van der Waals surface area (Å²) in [6, 6.07) is 0.808. The Hall–Kier alpha value is -2.16. The van der Waals surface area contributed by atoms with Crippen LogP contribution in [0.1, 0.15) is 35.7 Å². The van der Waals surface area contributed by atoms with E-state index in [-0.39, 0.29) is 24.3 Å². The highest BCUT2D eigenvalue weighted by molar-refractivity contribution is 6.47. The summed E-state index contributed by atoms with van der Waals surface area (Å²) in [5.74, 6) is -6.17. The number of fused-ring (bicyclic) bond motifs is 1. The van der Waals surface area contributed by atoms with Gasteiger partial charge in [-0.25, -0.2) is 13.6 Å². The topological polar surface area (TPSA) is 95.9 Å². The molecule has 0 unspecified atom stereocenters. The smallest absolute Gasteiger partial charge is 0.534 e. The molecule has 22 heavy (non-hydrogen) atoms. The van der Waals surface area contributed by atoms with Gasteiger partial charge in [0.15, 0.2) is 11.6 Å². The third kappa shape index (κ3) is 3.04. The van der Waals surface area contributed by atoms with Gasteiger partial charge in [0.25, 0.3) is 0 Å². The van der Waals surface area contributed by atoms with Gasteiger partial charge < -0.3 is 20.1 Å². The molecule has 118 valence electrons. The van der Waals surface area contributed by atoms with Crippen molar-refractivity contribution >= 4 is 19.0 Å². The number of hydrogen-bond acceptors (Lipinski definition) is 4. The molecule has 2 rings (SSSR count). The van der Waals surface area contributed by atoms with Crippen LogP contribution < -0.4 is 9.97 Å². The van der Waals surface area contributed by atoms with E-state index in [0.717, 1.165) is 6.07 Å². The molecule has 6 nitrogen and oxygen atoms in total. The Morgan fingerprint density at radius 1 is 1.50 bits per heavy atom. The zero-order chi connectivity index (χ0) is 16.4. The molecule has 0 spiro atoms. The summed E-state index contributed by atoms with van der Waals surface area (Å²) >= 11 is 0. The molecule has 1 aromatic carbocycles. The Morgan fingerprint density at radius 3 is 2.77 bits per heavy atom. The second-order valence-electron chi connectivity index (χ2n) is 4.98. The fourth-order valence-electron chi connectivity index (χ4n) is 2.31. The van der Waals surface area contributed by atoms with Crippen LogP contribution in [0.15, 0.2) is 6.07 Å². The van der Waals surface area contributed by atoms with Gasteiger partial charge in [-0.05, 0) is 24.5 Å². The number of benzene rings is 1. The van der Waals surface area contributed by atoms with E-state index in [2.05, 4.69) is 5.32 Å². The molecule has 1 aliphatic heterocycles. The fourth-order valence-corrected chi connectivity index (χ4v) is 2.31. The maximum atomic E-state index is 13.6. The number of carbonyl (C=O) groups excluding carboxylic acids is 1. The monoisotopic (exact) mass is 313 g/mol. The molecular formula is C13H14BF2NO5. The van der Waals surface area contributed by atoms with Crippen LogP contribution in [0.4, 0.5) is 8.78 Å². The van der Waals surface area contributed by atoms with E-state index in [0.29, 0.717) is 6.42 Å². The van der Waals surface area contributed by atoms with Gasteiger partial charge in [-0.3, -0.25) is 4.79 Å². The molecule has 0 bridgehead atoms. The van der Waals surface area contributed by atoms with E-state index in [1.54, 1.807) is 6.92 Å². The van der Waals surface area contributed by atoms with E-state index in [4.69, 9.17) is 9.76 Å². The van der Waals surface area contributed by atoms with Gasteiger partial charge >= 0.3 is 13.1 Å². The average Bonchev–Trinajstić information content (AvgIpc) is 2.42. The van der Waals surface area contributed by atoms with Crippen molar-refractivity contribution in [2.45, 2.75) is 32.1 Å². The second kappa shape index (κ2) is 6.31. The molecule has 1 atom stereocenters. The van der Waals surface area contributed by atoms with Crippen molar-refractivity contribution in [1.82, 2.24) is 5.32 Å². The molecule has 0 aliphatic carbocycles. The van der Waals surface area contributed by atoms with E-state index in [1.165, 1.54) is 0 Å². The van der Waals surface area contributed by atoms with E-state index >= 15 is 0 Å². The van der Waals surface area contributed by atoms with E-state index < -0.39 is 42.0 Å². The first kappa shape index (κ1) is 16.2. The zero-order valence-electron chi connectivity index (χ0n) is 11.7. The Balaban J connectivity index is 2.34. The van der Waals surface area contributed by atoms with Crippen LogP contribution in [0, 0.1) is 11.6 Å². The Kier molecular flexibility index (Phi) is 4.65.